The maximum Gasteiger partial charge on any atom is 0.229 e. The van der Waals surface area contributed by atoms with Gasteiger partial charge in [0.1, 0.15) is 11.4 Å². The molecule has 0 spiro atoms. The molecule has 0 amide bonds. The van der Waals surface area contributed by atoms with Crippen molar-refractivity contribution < 1.29 is 24.6 Å². The average Bonchev–Trinajstić information content (AvgIpc) is 2.91. The number of rotatable bonds is 2. The molecule has 5 nitrogen and oxygen atoms in total. The van der Waals surface area contributed by atoms with Crippen LogP contribution in [-0.4, -0.2) is 33.2 Å². The lowest BCUT2D eigenvalue weighted by atomic mass is 9.47. The summed E-state index contributed by atoms with van der Waals surface area (Å²) in [6.45, 7) is 21.3. The normalized spacial score (nSPS) is 34.9. The van der Waals surface area contributed by atoms with Crippen LogP contribution in [0.15, 0.2) is 35.4 Å². The summed E-state index contributed by atoms with van der Waals surface area (Å²) >= 11 is 0. The Kier molecular flexibility index (Phi) is 8.29. The molecule has 5 heteroatoms. The summed E-state index contributed by atoms with van der Waals surface area (Å²) in [4.78, 5) is 38.2. The zero-order valence-corrected chi connectivity index (χ0v) is 29.4. The van der Waals surface area contributed by atoms with E-state index in [9.17, 15) is 24.6 Å². The summed E-state index contributed by atoms with van der Waals surface area (Å²) in [5, 5.41) is 21.7. The highest BCUT2D eigenvalue weighted by molar-refractivity contribution is 6.46. The number of benzene rings is 1. The fourth-order valence-electron chi connectivity index (χ4n) is 10.6. The molecule has 5 aliphatic rings. The predicted octanol–water partition coefficient (Wildman–Crippen LogP) is 8.80. The Balaban J connectivity index is 0.000000178. The second-order valence-corrected chi connectivity index (χ2v) is 17.4. The predicted molar refractivity (Wildman–Crippen MR) is 179 cm³/mol. The smallest absolute Gasteiger partial charge is 0.229 e. The Bertz CT molecular complexity index is 1490. The minimum absolute atomic E-state index is 0.0383. The number of hydrogen-bond donors (Lipinski definition) is 2. The van der Waals surface area contributed by atoms with Crippen LogP contribution in [0.1, 0.15) is 148 Å². The van der Waals surface area contributed by atoms with Crippen LogP contribution in [0.4, 0.5) is 0 Å². The van der Waals surface area contributed by atoms with E-state index < -0.39 is 5.60 Å². The summed E-state index contributed by atoms with van der Waals surface area (Å²) in [5.41, 5.74) is 2.69. The van der Waals surface area contributed by atoms with Crippen molar-refractivity contribution in [1.82, 2.24) is 0 Å². The van der Waals surface area contributed by atoms with Crippen LogP contribution in [0.3, 0.4) is 0 Å². The standard InChI is InChI=1S/C20H26O3.C20H30O2/c1-11(2)12-9-13-14(10-15(12)21)20(5)8-6-7-19(3,4)18(20)17(23)16(13)22;1-13(2)14-12-20(22)10-7-16-18(3,4)8-6-9-19(16,5)17(20)11-15(14)21/h9-11,18,21H,6-8H2,1-5H3;11-13,16,22H,6-10H2,1-5H3/t18-,20+;16-,19-,20+/m00/s1. The van der Waals surface area contributed by atoms with Gasteiger partial charge in [-0.05, 0) is 114 Å². The molecular weight excluding hydrogens is 560 g/mol. The Labute approximate surface area is 271 Å². The van der Waals surface area contributed by atoms with Crippen LogP contribution in [0.25, 0.3) is 0 Å². The molecule has 0 unspecified atom stereocenters. The molecule has 3 saturated carbocycles. The molecule has 0 aromatic heterocycles. The van der Waals surface area contributed by atoms with Crippen LogP contribution in [0, 0.1) is 34.0 Å². The van der Waals surface area contributed by atoms with Gasteiger partial charge in [0.15, 0.2) is 5.78 Å². The number of fused-ring (bicyclic) bond motifs is 6. The minimum Gasteiger partial charge on any atom is -0.508 e. The number of aliphatic hydroxyl groups is 1. The number of Topliss-reactive ketones (excluding diaryl/α,β-unsaturated/α-hetero) is 2. The van der Waals surface area contributed by atoms with Gasteiger partial charge >= 0.3 is 0 Å². The third-order valence-electron chi connectivity index (χ3n) is 12.8. The first-order chi connectivity index (χ1) is 20.7. The molecule has 0 saturated heterocycles. The van der Waals surface area contributed by atoms with Gasteiger partial charge in [0.25, 0.3) is 0 Å². The van der Waals surface area contributed by atoms with Crippen molar-refractivity contribution in [2.24, 2.45) is 34.0 Å². The van der Waals surface area contributed by atoms with E-state index in [2.05, 4.69) is 41.5 Å². The maximum absolute atomic E-state index is 12.9. The Morgan fingerprint density at radius 2 is 1.38 bits per heavy atom. The van der Waals surface area contributed by atoms with E-state index in [0.717, 1.165) is 60.8 Å². The number of allylic oxidation sites excluding steroid dienone is 2. The maximum atomic E-state index is 12.9. The van der Waals surface area contributed by atoms with Gasteiger partial charge in [-0.25, -0.2) is 0 Å². The van der Waals surface area contributed by atoms with Crippen molar-refractivity contribution in [1.29, 1.82) is 0 Å². The van der Waals surface area contributed by atoms with Crippen molar-refractivity contribution in [3.8, 4) is 5.75 Å². The molecule has 5 atom stereocenters. The summed E-state index contributed by atoms with van der Waals surface area (Å²) in [6, 6.07) is 3.50. The van der Waals surface area contributed by atoms with Gasteiger partial charge in [0.2, 0.25) is 11.6 Å². The van der Waals surface area contributed by atoms with Crippen LogP contribution in [0.2, 0.25) is 0 Å². The van der Waals surface area contributed by atoms with Crippen molar-refractivity contribution in [2.45, 2.75) is 138 Å². The molecule has 0 bridgehead atoms. The van der Waals surface area contributed by atoms with Gasteiger partial charge in [0, 0.05) is 22.5 Å². The van der Waals surface area contributed by atoms with Crippen molar-refractivity contribution >= 4 is 17.3 Å². The minimum atomic E-state index is -0.897. The largest absolute Gasteiger partial charge is 0.508 e. The van der Waals surface area contributed by atoms with Crippen LogP contribution < -0.4 is 0 Å². The van der Waals surface area contributed by atoms with E-state index in [1.54, 1.807) is 18.2 Å². The second kappa shape index (κ2) is 11.0. The van der Waals surface area contributed by atoms with Crippen molar-refractivity contribution in [2.75, 3.05) is 0 Å². The first kappa shape index (κ1) is 33.8. The van der Waals surface area contributed by atoms with E-state index in [0.29, 0.717) is 16.9 Å². The number of ketones is 3. The van der Waals surface area contributed by atoms with Gasteiger partial charge in [-0.2, -0.15) is 0 Å². The fourth-order valence-corrected chi connectivity index (χ4v) is 10.6. The molecule has 1 aromatic carbocycles. The molecular formula is C40H56O5. The van der Waals surface area contributed by atoms with Crippen molar-refractivity contribution in [3.63, 3.8) is 0 Å². The Hall–Kier alpha value is -2.53. The number of phenols is 1. The van der Waals surface area contributed by atoms with E-state index in [-0.39, 0.29) is 57.1 Å². The van der Waals surface area contributed by atoms with Gasteiger partial charge in [-0.3, -0.25) is 14.4 Å². The first-order valence-corrected chi connectivity index (χ1v) is 17.4. The quantitative estimate of drug-likeness (QED) is 0.324. The van der Waals surface area contributed by atoms with E-state index in [1.165, 1.54) is 12.8 Å². The SMILES string of the molecule is CC(C)C1=C[C@]2(O)CC[C@H]3C(C)(C)CCC[C@]3(C)C2=CC1=O.CC(C)c1cc2c(cc1O)[C@@]1(C)CCCC(C)(C)[C@@H]1C(=O)C2=O. The average molecular weight is 617 g/mol. The van der Waals surface area contributed by atoms with Gasteiger partial charge < -0.3 is 10.2 Å². The summed E-state index contributed by atoms with van der Waals surface area (Å²) < 4.78 is 0. The van der Waals surface area contributed by atoms with Crippen LogP contribution >= 0.6 is 0 Å². The fraction of sp³-hybridized carbons (Fsp3) is 0.675. The molecule has 0 aliphatic heterocycles. The molecule has 2 N–H and O–H groups in total. The highest BCUT2D eigenvalue weighted by Gasteiger charge is 2.58. The molecule has 45 heavy (non-hydrogen) atoms. The zero-order chi connectivity index (χ0) is 33.5. The molecule has 0 radical (unpaired) electrons. The number of hydrogen-bond acceptors (Lipinski definition) is 5. The highest BCUT2D eigenvalue weighted by atomic mass is 16.3. The van der Waals surface area contributed by atoms with E-state index in [1.807, 2.05) is 33.8 Å². The Morgan fingerprint density at radius 3 is 1.98 bits per heavy atom. The first-order valence-electron chi connectivity index (χ1n) is 17.4. The lowest BCUT2D eigenvalue weighted by Gasteiger charge is -2.59. The summed E-state index contributed by atoms with van der Waals surface area (Å²) in [6.07, 6.45) is 11.9. The molecule has 246 valence electrons. The molecule has 1 aromatic rings. The second-order valence-electron chi connectivity index (χ2n) is 17.4. The lowest BCUT2D eigenvalue weighted by Crippen LogP contribution is -2.54. The van der Waals surface area contributed by atoms with E-state index >= 15 is 0 Å². The van der Waals surface area contributed by atoms with Crippen molar-refractivity contribution in [3.05, 3.63) is 52.1 Å². The monoisotopic (exact) mass is 616 g/mol. The van der Waals surface area contributed by atoms with E-state index in [4.69, 9.17) is 0 Å². The topological polar surface area (TPSA) is 91.7 Å². The molecule has 0 heterocycles. The van der Waals surface area contributed by atoms with Gasteiger partial charge in [-0.15, -0.1) is 0 Å². The zero-order valence-electron chi connectivity index (χ0n) is 29.4. The number of aromatic hydroxyl groups is 1. The molecule has 6 rings (SSSR count). The van der Waals surface area contributed by atoms with Gasteiger partial charge in [-0.1, -0.05) is 82.1 Å². The number of phenolic OH excluding ortho intramolecular Hbond substituents is 1. The third-order valence-corrected chi connectivity index (χ3v) is 12.8. The number of carbonyl (C=O) groups excluding carboxylic acids is 3. The lowest BCUT2D eigenvalue weighted by molar-refractivity contribution is -0.128. The summed E-state index contributed by atoms with van der Waals surface area (Å²) in [5.74, 6) is 0.267. The molecule has 3 fully saturated rings. The Morgan fingerprint density at radius 1 is 0.778 bits per heavy atom. The molecule has 5 aliphatic carbocycles. The van der Waals surface area contributed by atoms with Gasteiger partial charge in [0.05, 0.1) is 0 Å². The number of carbonyl (C=O) groups is 3. The summed E-state index contributed by atoms with van der Waals surface area (Å²) in [7, 11) is 0. The van der Waals surface area contributed by atoms with Crippen LogP contribution in [0.5, 0.6) is 5.75 Å². The highest BCUT2D eigenvalue weighted by Crippen LogP contribution is 2.63. The van der Waals surface area contributed by atoms with Crippen LogP contribution in [-0.2, 0) is 15.0 Å². The third kappa shape index (κ3) is 5.29.